The number of hydrogen-bond acceptors (Lipinski definition) is 3. The second-order valence-electron chi connectivity index (χ2n) is 2.60. The van der Waals surface area contributed by atoms with E-state index in [1.807, 2.05) is 0 Å². The minimum absolute atomic E-state index is 0.0242. The van der Waals surface area contributed by atoms with E-state index in [0.29, 0.717) is 5.56 Å². The highest BCUT2D eigenvalue weighted by Gasteiger charge is 2.12. The minimum atomic E-state index is -0.527. The van der Waals surface area contributed by atoms with Crippen LogP contribution in [0.4, 0.5) is 4.39 Å². The lowest BCUT2D eigenvalue weighted by atomic mass is 10.1. The number of nitrogens with two attached hydrogens (primary N) is 1. The molecule has 0 spiro atoms. The smallest absolute Gasteiger partial charge is 0.179 e. The Balaban J connectivity index is 3.22. The molecule has 1 rings (SSSR count). The van der Waals surface area contributed by atoms with Gasteiger partial charge in [-0.25, -0.2) is 4.39 Å². The number of carbonyl (C=O) groups is 1. The summed E-state index contributed by atoms with van der Waals surface area (Å²) in [6, 6.07) is 2.71. The van der Waals surface area contributed by atoms with Gasteiger partial charge in [-0.05, 0) is 28.1 Å². The largest absolute Gasteiger partial charge is 0.494 e. The highest BCUT2D eigenvalue weighted by molar-refractivity contribution is 9.10. The van der Waals surface area contributed by atoms with Gasteiger partial charge in [0.25, 0.3) is 0 Å². The zero-order chi connectivity index (χ0) is 10.7. The van der Waals surface area contributed by atoms with E-state index in [0.717, 1.165) is 0 Å². The summed E-state index contributed by atoms with van der Waals surface area (Å²) >= 11 is 2.99. The van der Waals surface area contributed by atoms with Crippen LogP contribution in [-0.2, 0) is 0 Å². The van der Waals surface area contributed by atoms with Crippen molar-refractivity contribution in [2.24, 2.45) is 5.73 Å². The Bertz CT molecular complexity index is 368. The van der Waals surface area contributed by atoms with Gasteiger partial charge >= 0.3 is 0 Å². The van der Waals surface area contributed by atoms with E-state index in [4.69, 9.17) is 10.5 Å². The fourth-order valence-corrected chi connectivity index (χ4v) is 1.43. The third-order valence-electron chi connectivity index (χ3n) is 1.72. The van der Waals surface area contributed by atoms with Crippen molar-refractivity contribution in [3.63, 3.8) is 0 Å². The van der Waals surface area contributed by atoms with Gasteiger partial charge in [-0.3, -0.25) is 4.79 Å². The first kappa shape index (κ1) is 11.1. The van der Waals surface area contributed by atoms with Crippen LogP contribution in [0.1, 0.15) is 10.4 Å². The molecule has 14 heavy (non-hydrogen) atoms. The standard InChI is InChI=1S/C9H9BrFNO2/c1-14-8-3-5(7(13)4-12)2-6(10)9(8)11/h2-3H,4,12H2,1H3. The summed E-state index contributed by atoms with van der Waals surface area (Å²) < 4.78 is 18.2. The molecule has 5 heteroatoms. The number of Topliss-reactive ketones (excluding diaryl/α,β-unsaturated/α-hetero) is 1. The lowest BCUT2D eigenvalue weighted by Crippen LogP contribution is -2.13. The molecule has 0 aliphatic rings. The second kappa shape index (κ2) is 4.52. The second-order valence-corrected chi connectivity index (χ2v) is 3.46. The van der Waals surface area contributed by atoms with Crippen molar-refractivity contribution in [2.45, 2.75) is 0 Å². The first-order valence-corrected chi connectivity index (χ1v) is 4.65. The summed E-state index contributed by atoms with van der Waals surface area (Å²) in [6.07, 6.45) is 0. The van der Waals surface area contributed by atoms with Crippen LogP contribution in [0.2, 0.25) is 0 Å². The fourth-order valence-electron chi connectivity index (χ4n) is 0.991. The van der Waals surface area contributed by atoms with Crippen molar-refractivity contribution >= 4 is 21.7 Å². The van der Waals surface area contributed by atoms with Crippen molar-refractivity contribution in [3.8, 4) is 5.75 Å². The van der Waals surface area contributed by atoms with Gasteiger partial charge < -0.3 is 10.5 Å². The van der Waals surface area contributed by atoms with Gasteiger partial charge in [-0.2, -0.15) is 0 Å². The monoisotopic (exact) mass is 261 g/mol. The average molecular weight is 262 g/mol. The van der Waals surface area contributed by atoms with Gasteiger partial charge in [0.05, 0.1) is 18.1 Å². The van der Waals surface area contributed by atoms with Crippen LogP contribution >= 0.6 is 15.9 Å². The molecule has 1 aromatic rings. The Labute approximate surface area is 89.2 Å². The molecule has 3 nitrogen and oxygen atoms in total. The predicted molar refractivity (Wildman–Crippen MR) is 54.0 cm³/mol. The lowest BCUT2D eigenvalue weighted by molar-refractivity contribution is 0.100. The van der Waals surface area contributed by atoms with E-state index in [-0.39, 0.29) is 22.6 Å². The Morgan fingerprint density at radius 3 is 2.79 bits per heavy atom. The third-order valence-corrected chi connectivity index (χ3v) is 2.30. The van der Waals surface area contributed by atoms with Gasteiger partial charge in [-0.1, -0.05) is 0 Å². The molecule has 2 N–H and O–H groups in total. The summed E-state index contributed by atoms with van der Waals surface area (Å²) in [5, 5.41) is 0. The predicted octanol–water partition coefficient (Wildman–Crippen LogP) is 1.74. The van der Waals surface area contributed by atoms with Gasteiger partial charge in [0.1, 0.15) is 0 Å². The summed E-state index contributed by atoms with van der Waals surface area (Å²) in [7, 11) is 1.33. The van der Waals surface area contributed by atoms with E-state index < -0.39 is 5.82 Å². The molecule has 0 aliphatic heterocycles. The van der Waals surface area contributed by atoms with Crippen molar-refractivity contribution in [2.75, 3.05) is 13.7 Å². The number of rotatable bonds is 3. The fraction of sp³-hybridized carbons (Fsp3) is 0.222. The van der Waals surface area contributed by atoms with Crippen LogP contribution in [0.15, 0.2) is 16.6 Å². The van der Waals surface area contributed by atoms with Crippen molar-refractivity contribution < 1.29 is 13.9 Å². The maximum Gasteiger partial charge on any atom is 0.179 e. The summed E-state index contributed by atoms with van der Waals surface area (Å²) in [5.74, 6) is -0.763. The number of carbonyl (C=O) groups excluding carboxylic acids is 1. The molecule has 76 valence electrons. The van der Waals surface area contributed by atoms with E-state index in [2.05, 4.69) is 15.9 Å². The summed E-state index contributed by atoms with van der Waals surface area (Å²) in [6.45, 7) is -0.110. The lowest BCUT2D eigenvalue weighted by Gasteiger charge is -2.06. The van der Waals surface area contributed by atoms with Gasteiger partial charge in [-0.15, -0.1) is 0 Å². The topological polar surface area (TPSA) is 52.3 Å². The highest BCUT2D eigenvalue weighted by Crippen LogP contribution is 2.26. The molecule has 0 radical (unpaired) electrons. The molecule has 0 fully saturated rings. The summed E-state index contributed by atoms with van der Waals surface area (Å²) in [4.78, 5) is 11.2. The molecule has 0 aromatic heterocycles. The van der Waals surface area contributed by atoms with E-state index in [9.17, 15) is 9.18 Å². The van der Waals surface area contributed by atoms with Crippen molar-refractivity contribution in [1.82, 2.24) is 0 Å². The molecule has 0 saturated carbocycles. The van der Waals surface area contributed by atoms with E-state index >= 15 is 0 Å². The average Bonchev–Trinajstić information content (AvgIpc) is 2.20. The van der Waals surface area contributed by atoms with E-state index in [1.54, 1.807) is 0 Å². The molecule has 0 saturated heterocycles. The Hall–Kier alpha value is -0.940. The van der Waals surface area contributed by atoms with Gasteiger partial charge in [0, 0.05) is 5.56 Å². The first-order chi connectivity index (χ1) is 6.60. The van der Waals surface area contributed by atoms with Crippen molar-refractivity contribution in [1.29, 1.82) is 0 Å². The van der Waals surface area contributed by atoms with Crippen molar-refractivity contribution in [3.05, 3.63) is 28.0 Å². The molecule has 0 amide bonds. The number of hydrogen-bond donors (Lipinski definition) is 1. The number of ketones is 1. The molecule has 0 atom stereocenters. The SMILES string of the molecule is COc1cc(C(=O)CN)cc(Br)c1F. The number of methoxy groups -OCH3 is 1. The molecule has 0 unspecified atom stereocenters. The molecule has 0 bridgehead atoms. The van der Waals surface area contributed by atoms with Gasteiger partial charge in [0.2, 0.25) is 0 Å². The van der Waals surface area contributed by atoms with Crippen LogP contribution in [0.5, 0.6) is 5.75 Å². The third kappa shape index (κ3) is 2.10. The zero-order valence-electron chi connectivity index (χ0n) is 7.51. The van der Waals surface area contributed by atoms with Crippen LogP contribution in [-0.4, -0.2) is 19.4 Å². The quantitative estimate of drug-likeness (QED) is 0.844. The highest BCUT2D eigenvalue weighted by atomic mass is 79.9. The maximum absolute atomic E-state index is 13.2. The maximum atomic E-state index is 13.2. The normalized spacial score (nSPS) is 10.0. The van der Waals surface area contributed by atoms with Crippen LogP contribution < -0.4 is 10.5 Å². The number of ether oxygens (including phenoxy) is 1. The molecule has 0 aliphatic carbocycles. The van der Waals surface area contributed by atoms with Crippen LogP contribution in [0.25, 0.3) is 0 Å². The Morgan fingerprint density at radius 1 is 1.64 bits per heavy atom. The molecule has 1 aromatic carbocycles. The first-order valence-electron chi connectivity index (χ1n) is 3.86. The Kier molecular flexibility index (Phi) is 3.60. The molecular formula is C9H9BrFNO2. The number of benzene rings is 1. The Morgan fingerprint density at radius 2 is 2.29 bits per heavy atom. The van der Waals surface area contributed by atoms with Crippen LogP contribution in [0, 0.1) is 5.82 Å². The minimum Gasteiger partial charge on any atom is -0.494 e. The zero-order valence-corrected chi connectivity index (χ0v) is 9.10. The summed E-state index contributed by atoms with van der Waals surface area (Å²) in [5.41, 5.74) is 5.52. The molecule has 0 heterocycles. The molecular weight excluding hydrogens is 253 g/mol. The van der Waals surface area contributed by atoms with Crippen LogP contribution in [0.3, 0.4) is 0 Å². The van der Waals surface area contributed by atoms with E-state index in [1.165, 1.54) is 19.2 Å². The van der Waals surface area contributed by atoms with Gasteiger partial charge in [0.15, 0.2) is 17.3 Å². The number of halogens is 2.